The Hall–Kier alpha value is -2.78. The number of hydrogen-bond acceptors (Lipinski definition) is 6. The Balaban J connectivity index is 2.10. The van der Waals surface area contributed by atoms with Crippen molar-refractivity contribution in [2.75, 3.05) is 11.6 Å². The molecule has 0 fully saturated rings. The number of carbonyl (C=O) groups excluding carboxylic acids is 1. The number of hydrogen-bond donors (Lipinski definition) is 4. The van der Waals surface area contributed by atoms with Crippen LogP contribution in [0.2, 0.25) is 0 Å². The zero-order chi connectivity index (χ0) is 17.5. The number of amides is 1. The summed E-state index contributed by atoms with van der Waals surface area (Å²) in [6, 6.07) is 10.7. The van der Waals surface area contributed by atoms with Crippen molar-refractivity contribution in [1.82, 2.24) is 9.84 Å². The summed E-state index contributed by atoms with van der Waals surface area (Å²) in [6.07, 6.45) is 0.0419. The SMILES string of the molecule is CS(=O)(=O)NN1C(=O)c2ccccc2N[C@H]1c1ccc(O)c(O)c1. The summed E-state index contributed by atoms with van der Waals surface area (Å²) in [5.41, 5.74) is 1.24. The van der Waals surface area contributed by atoms with Crippen LogP contribution in [0.15, 0.2) is 42.5 Å². The van der Waals surface area contributed by atoms with Gasteiger partial charge in [-0.1, -0.05) is 18.2 Å². The van der Waals surface area contributed by atoms with E-state index in [1.165, 1.54) is 18.2 Å². The summed E-state index contributed by atoms with van der Waals surface area (Å²) in [6.45, 7) is 0. The lowest BCUT2D eigenvalue weighted by Crippen LogP contribution is -2.52. The molecule has 8 nitrogen and oxygen atoms in total. The number of anilines is 1. The van der Waals surface area contributed by atoms with Crippen molar-refractivity contribution >= 4 is 21.6 Å². The van der Waals surface area contributed by atoms with Gasteiger partial charge in [-0.2, -0.15) is 0 Å². The monoisotopic (exact) mass is 349 g/mol. The zero-order valence-corrected chi connectivity index (χ0v) is 13.4. The predicted molar refractivity (Wildman–Crippen MR) is 86.7 cm³/mol. The normalized spacial score (nSPS) is 17.3. The van der Waals surface area contributed by atoms with Gasteiger partial charge in [0.25, 0.3) is 5.91 Å². The van der Waals surface area contributed by atoms with Gasteiger partial charge in [0.1, 0.15) is 6.17 Å². The molecule has 0 unspecified atom stereocenters. The Morgan fingerprint density at radius 1 is 1.12 bits per heavy atom. The number of carbonyl (C=O) groups is 1. The van der Waals surface area contributed by atoms with Gasteiger partial charge in [0.15, 0.2) is 11.5 Å². The highest BCUT2D eigenvalue weighted by Crippen LogP contribution is 2.35. The Labute approximate surface area is 138 Å². The number of aromatic hydroxyl groups is 2. The summed E-state index contributed by atoms with van der Waals surface area (Å²) in [5.74, 6) is -1.23. The highest BCUT2D eigenvalue weighted by molar-refractivity contribution is 7.88. The first-order valence-electron chi connectivity index (χ1n) is 6.95. The second-order valence-corrected chi connectivity index (χ2v) is 7.11. The number of para-hydroxylation sites is 1. The maximum Gasteiger partial charge on any atom is 0.273 e. The van der Waals surface area contributed by atoms with E-state index in [2.05, 4.69) is 10.1 Å². The standard InChI is InChI=1S/C15H15N3O5S/c1-24(22,23)17-18-14(9-6-7-12(19)13(20)8-9)16-11-5-3-2-4-10(11)15(18)21/h2-8,14,16-17,19-20H,1H3/t14-/m1/s1. The summed E-state index contributed by atoms with van der Waals surface area (Å²) in [4.78, 5) is 14.9. The Morgan fingerprint density at radius 2 is 1.83 bits per heavy atom. The van der Waals surface area contributed by atoms with Crippen LogP contribution in [-0.2, 0) is 10.0 Å². The lowest BCUT2D eigenvalue weighted by Gasteiger charge is -2.37. The van der Waals surface area contributed by atoms with Gasteiger partial charge in [0.05, 0.1) is 11.8 Å². The van der Waals surface area contributed by atoms with Crippen LogP contribution in [0, 0.1) is 0 Å². The van der Waals surface area contributed by atoms with E-state index >= 15 is 0 Å². The molecular weight excluding hydrogens is 334 g/mol. The molecule has 3 rings (SSSR count). The number of hydrazine groups is 1. The molecule has 4 N–H and O–H groups in total. The minimum Gasteiger partial charge on any atom is -0.504 e. The fraction of sp³-hybridized carbons (Fsp3) is 0.133. The second-order valence-electron chi connectivity index (χ2n) is 5.38. The molecule has 0 aromatic heterocycles. The van der Waals surface area contributed by atoms with Crippen LogP contribution in [-0.4, -0.2) is 35.8 Å². The van der Waals surface area contributed by atoms with Gasteiger partial charge < -0.3 is 15.5 Å². The van der Waals surface area contributed by atoms with Crippen molar-refractivity contribution in [3.63, 3.8) is 0 Å². The molecule has 0 saturated carbocycles. The fourth-order valence-electron chi connectivity index (χ4n) is 2.47. The maximum atomic E-state index is 12.7. The number of nitrogens with zero attached hydrogens (tertiary/aromatic N) is 1. The predicted octanol–water partition coefficient (Wildman–Crippen LogP) is 1.13. The van der Waals surface area contributed by atoms with Crippen LogP contribution in [0.5, 0.6) is 11.5 Å². The fourth-order valence-corrected chi connectivity index (χ4v) is 3.02. The maximum absolute atomic E-state index is 12.7. The zero-order valence-electron chi connectivity index (χ0n) is 12.6. The average Bonchev–Trinajstić information content (AvgIpc) is 2.52. The number of rotatable bonds is 3. The minimum absolute atomic E-state index is 0.313. The number of phenolic OH excluding ortho intramolecular Hbond substituents is 2. The topological polar surface area (TPSA) is 119 Å². The summed E-state index contributed by atoms with van der Waals surface area (Å²) in [7, 11) is -3.72. The highest BCUT2D eigenvalue weighted by Gasteiger charge is 2.35. The third-order valence-corrected chi connectivity index (χ3v) is 4.03. The van der Waals surface area contributed by atoms with Crippen molar-refractivity contribution in [2.24, 2.45) is 0 Å². The number of fused-ring (bicyclic) bond motifs is 1. The molecule has 0 aliphatic carbocycles. The van der Waals surface area contributed by atoms with Crippen LogP contribution in [0.4, 0.5) is 5.69 Å². The number of sulfonamides is 1. The Bertz CT molecular complexity index is 913. The molecule has 1 amide bonds. The van der Waals surface area contributed by atoms with Crippen molar-refractivity contribution < 1.29 is 23.4 Å². The lowest BCUT2D eigenvalue weighted by atomic mass is 10.0. The van der Waals surface area contributed by atoms with Crippen LogP contribution >= 0.6 is 0 Å². The first-order valence-corrected chi connectivity index (χ1v) is 8.84. The molecule has 1 heterocycles. The molecule has 9 heteroatoms. The van der Waals surface area contributed by atoms with Gasteiger partial charge in [0, 0.05) is 5.69 Å². The molecule has 2 aromatic rings. The van der Waals surface area contributed by atoms with Crippen molar-refractivity contribution in [3.05, 3.63) is 53.6 Å². The van der Waals surface area contributed by atoms with E-state index in [-0.39, 0.29) is 11.5 Å². The summed E-state index contributed by atoms with van der Waals surface area (Å²) >= 11 is 0. The molecular formula is C15H15N3O5S. The molecule has 1 atom stereocenters. The molecule has 0 spiro atoms. The van der Waals surface area contributed by atoms with Gasteiger partial charge in [-0.15, -0.1) is 4.83 Å². The molecule has 1 aliphatic rings. The Morgan fingerprint density at radius 3 is 2.50 bits per heavy atom. The quantitative estimate of drug-likeness (QED) is 0.617. The highest BCUT2D eigenvalue weighted by atomic mass is 32.2. The van der Waals surface area contributed by atoms with Crippen molar-refractivity contribution in [3.8, 4) is 11.5 Å². The van der Waals surface area contributed by atoms with Gasteiger partial charge in [-0.05, 0) is 29.8 Å². The van der Waals surface area contributed by atoms with Crippen LogP contribution in [0.3, 0.4) is 0 Å². The van der Waals surface area contributed by atoms with Crippen molar-refractivity contribution in [2.45, 2.75) is 6.17 Å². The molecule has 126 valence electrons. The average molecular weight is 349 g/mol. The first-order chi connectivity index (χ1) is 11.3. The molecule has 0 bridgehead atoms. The molecule has 0 radical (unpaired) electrons. The summed E-state index contributed by atoms with van der Waals surface area (Å²) < 4.78 is 23.3. The van der Waals surface area contributed by atoms with Crippen LogP contribution in [0.1, 0.15) is 22.1 Å². The molecule has 1 aliphatic heterocycles. The number of nitrogens with one attached hydrogen (secondary N) is 2. The van der Waals surface area contributed by atoms with E-state index in [4.69, 9.17) is 0 Å². The van der Waals surface area contributed by atoms with Gasteiger partial charge in [-0.25, -0.2) is 13.4 Å². The van der Waals surface area contributed by atoms with Crippen molar-refractivity contribution in [1.29, 1.82) is 0 Å². The van der Waals surface area contributed by atoms with Crippen LogP contribution < -0.4 is 10.1 Å². The van der Waals surface area contributed by atoms with E-state index in [1.807, 2.05) is 0 Å². The van der Waals surface area contributed by atoms with E-state index in [0.717, 1.165) is 11.3 Å². The molecule has 0 saturated heterocycles. The third-order valence-electron chi connectivity index (χ3n) is 3.51. The molecule has 24 heavy (non-hydrogen) atoms. The smallest absolute Gasteiger partial charge is 0.273 e. The minimum atomic E-state index is -3.72. The van der Waals surface area contributed by atoms with E-state index in [1.54, 1.807) is 24.3 Å². The van der Waals surface area contributed by atoms with E-state index in [9.17, 15) is 23.4 Å². The first kappa shape index (κ1) is 16.1. The van der Waals surface area contributed by atoms with E-state index in [0.29, 0.717) is 16.8 Å². The summed E-state index contributed by atoms with van der Waals surface area (Å²) in [5, 5.41) is 23.1. The van der Waals surface area contributed by atoms with Crippen LogP contribution in [0.25, 0.3) is 0 Å². The molecule has 2 aromatic carbocycles. The second kappa shape index (κ2) is 5.69. The number of phenols is 2. The van der Waals surface area contributed by atoms with Gasteiger partial charge in [-0.3, -0.25) is 4.79 Å². The lowest BCUT2D eigenvalue weighted by molar-refractivity contribution is 0.0633. The van der Waals surface area contributed by atoms with Gasteiger partial charge >= 0.3 is 0 Å². The van der Waals surface area contributed by atoms with Gasteiger partial charge in [0.2, 0.25) is 10.0 Å². The van der Waals surface area contributed by atoms with E-state index < -0.39 is 22.1 Å². The largest absolute Gasteiger partial charge is 0.504 e. The third kappa shape index (κ3) is 2.99. The number of benzene rings is 2. The Kier molecular flexibility index (Phi) is 3.82.